The summed E-state index contributed by atoms with van der Waals surface area (Å²) in [5, 5.41) is 0.870. The fourth-order valence-electron chi connectivity index (χ4n) is 5.55. The van der Waals surface area contributed by atoms with E-state index < -0.39 is 0 Å². The summed E-state index contributed by atoms with van der Waals surface area (Å²) in [5.74, 6) is 1.49. The zero-order chi connectivity index (χ0) is 24.2. The van der Waals surface area contributed by atoms with Crippen LogP contribution in [0, 0.1) is 0 Å². The highest BCUT2D eigenvalue weighted by molar-refractivity contribution is 6.01. The molecule has 0 saturated heterocycles. The minimum atomic E-state index is -0.164. The SMILES string of the molecule is CCCCCC(=O)Oc1cn(C2CCCCC2)c2nc(CCCCC)n3c4ccccc4nc3c12. The summed E-state index contributed by atoms with van der Waals surface area (Å²) in [7, 11) is 0. The average molecular weight is 475 g/mol. The number of aryl methyl sites for hydroxylation is 1. The van der Waals surface area contributed by atoms with Gasteiger partial charge in [-0.2, -0.15) is 0 Å². The molecule has 0 spiro atoms. The Hall–Kier alpha value is -2.89. The minimum absolute atomic E-state index is 0.164. The summed E-state index contributed by atoms with van der Waals surface area (Å²) in [6, 6.07) is 8.64. The summed E-state index contributed by atoms with van der Waals surface area (Å²) < 4.78 is 10.5. The Bertz CT molecular complexity index is 1310. The van der Waals surface area contributed by atoms with Crippen LogP contribution in [0.2, 0.25) is 0 Å². The van der Waals surface area contributed by atoms with Gasteiger partial charge in [-0.15, -0.1) is 0 Å². The van der Waals surface area contributed by atoms with Crippen molar-refractivity contribution >= 4 is 33.7 Å². The normalized spacial score (nSPS) is 14.9. The molecule has 3 heterocycles. The number of hydrogen-bond acceptors (Lipinski definition) is 4. The molecule has 186 valence electrons. The molecule has 0 bridgehead atoms. The molecule has 0 radical (unpaired) electrons. The van der Waals surface area contributed by atoms with Crippen LogP contribution in [-0.4, -0.2) is 24.9 Å². The van der Waals surface area contributed by atoms with Gasteiger partial charge in [0, 0.05) is 25.1 Å². The highest BCUT2D eigenvalue weighted by Gasteiger charge is 2.26. The number of para-hydroxylation sites is 2. The van der Waals surface area contributed by atoms with Crippen LogP contribution in [0.3, 0.4) is 0 Å². The van der Waals surface area contributed by atoms with Crippen molar-refractivity contribution in [1.82, 2.24) is 18.9 Å². The van der Waals surface area contributed by atoms with E-state index in [2.05, 4.69) is 41.0 Å². The molecule has 0 amide bonds. The molecule has 4 aromatic rings. The fraction of sp³-hybridized carbons (Fsp3) is 0.552. The number of unbranched alkanes of at least 4 members (excludes halogenated alkanes) is 4. The third-order valence-electron chi connectivity index (χ3n) is 7.43. The quantitative estimate of drug-likeness (QED) is 0.176. The number of benzene rings is 1. The summed E-state index contributed by atoms with van der Waals surface area (Å²) >= 11 is 0. The Balaban J connectivity index is 1.69. The first-order chi connectivity index (χ1) is 17.2. The van der Waals surface area contributed by atoms with E-state index in [0.717, 1.165) is 78.5 Å². The molecule has 1 aromatic carbocycles. The van der Waals surface area contributed by atoms with Crippen LogP contribution in [0.4, 0.5) is 0 Å². The van der Waals surface area contributed by atoms with Crippen molar-refractivity contribution in [3.05, 3.63) is 36.3 Å². The maximum atomic E-state index is 12.8. The number of hydrogen-bond donors (Lipinski definition) is 0. The number of aromatic nitrogens is 4. The van der Waals surface area contributed by atoms with Gasteiger partial charge in [-0.25, -0.2) is 9.97 Å². The van der Waals surface area contributed by atoms with Gasteiger partial charge in [0.25, 0.3) is 0 Å². The number of imidazole rings is 1. The lowest BCUT2D eigenvalue weighted by Crippen LogP contribution is -2.13. The van der Waals surface area contributed by atoms with E-state index >= 15 is 0 Å². The maximum absolute atomic E-state index is 12.8. The Morgan fingerprint density at radius 2 is 1.74 bits per heavy atom. The molecular weight excluding hydrogens is 436 g/mol. The fourth-order valence-corrected chi connectivity index (χ4v) is 5.55. The van der Waals surface area contributed by atoms with Gasteiger partial charge in [-0.3, -0.25) is 9.20 Å². The van der Waals surface area contributed by atoms with E-state index in [0.29, 0.717) is 18.2 Å². The van der Waals surface area contributed by atoms with E-state index in [1.165, 1.54) is 32.1 Å². The van der Waals surface area contributed by atoms with Crippen LogP contribution in [0.5, 0.6) is 5.75 Å². The average Bonchev–Trinajstić information content (AvgIpc) is 3.43. The Morgan fingerprint density at radius 1 is 0.971 bits per heavy atom. The third kappa shape index (κ3) is 4.80. The van der Waals surface area contributed by atoms with Gasteiger partial charge in [0.1, 0.15) is 16.9 Å². The lowest BCUT2D eigenvalue weighted by molar-refractivity contribution is -0.134. The molecule has 0 N–H and O–H groups in total. The monoisotopic (exact) mass is 474 g/mol. The third-order valence-corrected chi connectivity index (χ3v) is 7.43. The molecule has 5 rings (SSSR count). The first-order valence-corrected chi connectivity index (χ1v) is 13.7. The number of fused-ring (bicyclic) bond motifs is 5. The first-order valence-electron chi connectivity index (χ1n) is 13.7. The standard InChI is InChI=1S/C29H38N4O2/c1-3-5-8-18-25-31-28-27(29-30-22-16-12-13-17-23(22)33(25)29)24(35-26(34)19-9-6-4-2)20-32(28)21-14-10-7-11-15-21/h12-13,16-17,20-21H,3-11,14-15,18-19H2,1-2H3. The van der Waals surface area contributed by atoms with Crippen LogP contribution >= 0.6 is 0 Å². The molecular formula is C29H38N4O2. The van der Waals surface area contributed by atoms with Crippen molar-refractivity contribution in [3.63, 3.8) is 0 Å². The van der Waals surface area contributed by atoms with Crippen LogP contribution in [-0.2, 0) is 11.2 Å². The Kier molecular flexibility index (Phi) is 7.35. The zero-order valence-corrected chi connectivity index (χ0v) is 21.3. The van der Waals surface area contributed by atoms with Gasteiger partial charge >= 0.3 is 5.97 Å². The maximum Gasteiger partial charge on any atom is 0.311 e. The summed E-state index contributed by atoms with van der Waals surface area (Å²) in [5.41, 5.74) is 3.79. The number of carbonyl (C=O) groups excluding carboxylic acids is 1. The molecule has 1 aliphatic carbocycles. The highest BCUT2D eigenvalue weighted by atomic mass is 16.5. The molecule has 6 nitrogen and oxygen atoms in total. The van der Waals surface area contributed by atoms with E-state index in [1.807, 2.05) is 12.3 Å². The Labute approximate surface area is 207 Å². The van der Waals surface area contributed by atoms with Crippen LogP contribution < -0.4 is 4.74 Å². The van der Waals surface area contributed by atoms with Gasteiger partial charge in [0.15, 0.2) is 11.4 Å². The second-order valence-electron chi connectivity index (χ2n) is 10.1. The van der Waals surface area contributed by atoms with Gasteiger partial charge in [-0.1, -0.05) is 70.9 Å². The second kappa shape index (κ2) is 10.8. The van der Waals surface area contributed by atoms with Crippen molar-refractivity contribution in [2.45, 2.75) is 103 Å². The lowest BCUT2D eigenvalue weighted by atomic mass is 9.95. The number of carbonyl (C=O) groups is 1. The smallest absolute Gasteiger partial charge is 0.311 e. The zero-order valence-electron chi connectivity index (χ0n) is 21.3. The van der Waals surface area contributed by atoms with E-state index in [9.17, 15) is 4.79 Å². The number of ether oxygens (including phenoxy) is 1. The molecule has 3 aromatic heterocycles. The number of esters is 1. The largest absolute Gasteiger partial charge is 0.424 e. The van der Waals surface area contributed by atoms with Crippen LogP contribution in [0.15, 0.2) is 30.5 Å². The molecule has 0 atom stereocenters. The molecule has 0 aliphatic heterocycles. The van der Waals surface area contributed by atoms with E-state index in [-0.39, 0.29) is 5.97 Å². The lowest BCUT2D eigenvalue weighted by Gasteiger charge is -2.23. The predicted molar refractivity (Wildman–Crippen MR) is 141 cm³/mol. The van der Waals surface area contributed by atoms with Crippen molar-refractivity contribution in [3.8, 4) is 5.75 Å². The second-order valence-corrected chi connectivity index (χ2v) is 10.1. The number of nitrogens with zero attached hydrogens (tertiary/aromatic N) is 4. The van der Waals surface area contributed by atoms with Crippen molar-refractivity contribution in [2.75, 3.05) is 0 Å². The topological polar surface area (TPSA) is 61.4 Å². The molecule has 1 aliphatic rings. The minimum Gasteiger partial charge on any atom is -0.424 e. The van der Waals surface area contributed by atoms with E-state index in [1.54, 1.807) is 0 Å². The van der Waals surface area contributed by atoms with Crippen molar-refractivity contribution in [2.24, 2.45) is 0 Å². The summed E-state index contributed by atoms with van der Waals surface area (Å²) in [6.45, 7) is 4.38. The summed E-state index contributed by atoms with van der Waals surface area (Å²) in [4.78, 5) is 23.1. The van der Waals surface area contributed by atoms with Gasteiger partial charge < -0.3 is 9.30 Å². The molecule has 1 saturated carbocycles. The van der Waals surface area contributed by atoms with Crippen LogP contribution in [0.25, 0.3) is 27.7 Å². The molecule has 0 unspecified atom stereocenters. The van der Waals surface area contributed by atoms with Gasteiger partial charge in [0.2, 0.25) is 0 Å². The Morgan fingerprint density at radius 3 is 2.54 bits per heavy atom. The van der Waals surface area contributed by atoms with Gasteiger partial charge in [0.05, 0.1) is 11.0 Å². The molecule has 6 heteroatoms. The molecule has 35 heavy (non-hydrogen) atoms. The van der Waals surface area contributed by atoms with E-state index in [4.69, 9.17) is 14.7 Å². The van der Waals surface area contributed by atoms with Crippen molar-refractivity contribution in [1.29, 1.82) is 0 Å². The van der Waals surface area contributed by atoms with Crippen molar-refractivity contribution < 1.29 is 9.53 Å². The highest BCUT2D eigenvalue weighted by Crippen LogP contribution is 2.39. The van der Waals surface area contributed by atoms with Gasteiger partial charge in [-0.05, 0) is 37.8 Å². The number of rotatable bonds is 10. The molecule has 1 fully saturated rings. The first kappa shape index (κ1) is 23.8. The van der Waals surface area contributed by atoms with Crippen LogP contribution in [0.1, 0.15) is 103 Å². The predicted octanol–water partition coefficient (Wildman–Crippen LogP) is 7.56. The summed E-state index contributed by atoms with van der Waals surface area (Å²) in [6.07, 6.45) is 15.9.